The molecule has 5 rings (SSSR count). The number of fused-ring (bicyclic) bond motifs is 1. The fraction of sp³-hybridized carbons (Fsp3) is 0.318. The Balaban J connectivity index is 1.31. The van der Waals surface area contributed by atoms with Gasteiger partial charge in [-0.15, -0.1) is 11.3 Å². The fourth-order valence-corrected chi connectivity index (χ4v) is 5.33. The van der Waals surface area contributed by atoms with Crippen molar-refractivity contribution in [3.05, 3.63) is 65.2 Å². The third-order valence-corrected chi connectivity index (χ3v) is 6.81. The lowest BCUT2D eigenvalue weighted by Gasteiger charge is -2.26. The van der Waals surface area contributed by atoms with Crippen molar-refractivity contribution < 1.29 is 9.59 Å². The molecule has 1 aromatic heterocycles. The number of para-hydroxylation sites is 1. The second kappa shape index (κ2) is 7.57. The first-order chi connectivity index (χ1) is 14.2. The summed E-state index contributed by atoms with van der Waals surface area (Å²) in [7, 11) is 0. The van der Waals surface area contributed by atoms with Crippen LogP contribution in [-0.4, -0.2) is 46.0 Å². The maximum absolute atomic E-state index is 12.9. The number of hydrogen-bond donors (Lipinski definition) is 1. The van der Waals surface area contributed by atoms with Gasteiger partial charge in [-0.2, -0.15) is 0 Å². The minimum absolute atomic E-state index is 0.145. The first kappa shape index (κ1) is 18.3. The van der Waals surface area contributed by atoms with E-state index in [2.05, 4.69) is 16.3 Å². The van der Waals surface area contributed by atoms with Crippen molar-refractivity contribution in [3.63, 3.8) is 0 Å². The van der Waals surface area contributed by atoms with Crippen LogP contribution in [0.1, 0.15) is 29.5 Å². The zero-order valence-corrected chi connectivity index (χ0v) is 16.8. The number of carbonyl (C=O) groups is 2. The van der Waals surface area contributed by atoms with Gasteiger partial charge in [-0.25, -0.2) is 14.7 Å². The number of urea groups is 1. The lowest BCUT2D eigenvalue weighted by Crippen LogP contribution is -2.41. The van der Waals surface area contributed by atoms with Crippen LogP contribution in [0.5, 0.6) is 0 Å². The first-order valence-electron chi connectivity index (χ1n) is 9.94. The van der Waals surface area contributed by atoms with Gasteiger partial charge in [-0.05, 0) is 30.5 Å². The maximum Gasteiger partial charge on any atom is 0.325 e. The molecule has 0 bridgehead atoms. The van der Waals surface area contributed by atoms with E-state index in [-0.39, 0.29) is 18.0 Å². The average Bonchev–Trinajstić information content (AvgIpc) is 3.43. The van der Waals surface area contributed by atoms with Gasteiger partial charge in [-0.1, -0.05) is 42.5 Å². The van der Waals surface area contributed by atoms with Gasteiger partial charge in [0.25, 0.3) is 5.91 Å². The molecule has 29 heavy (non-hydrogen) atoms. The number of imide groups is 1. The molecule has 7 heteroatoms. The van der Waals surface area contributed by atoms with Gasteiger partial charge in [-0.3, -0.25) is 9.69 Å². The van der Waals surface area contributed by atoms with Crippen LogP contribution in [0.4, 0.5) is 4.79 Å². The number of hydrogen-bond acceptors (Lipinski definition) is 5. The molecule has 1 N–H and O–H groups in total. The summed E-state index contributed by atoms with van der Waals surface area (Å²) < 4.78 is 1.17. The van der Waals surface area contributed by atoms with Crippen molar-refractivity contribution in [2.24, 2.45) is 0 Å². The highest BCUT2D eigenvalue weighted by molar-refractivity contribution is 7.18. The Bertz CT molecular complexity index is 1020. The van der Waals surface area contributed by atoms with Gasteiger partial charge in [0.2, 0.25) is 0 Å². The summed E-state index contributed by atoms with van der Waals surface area (Å²) in [5.74, 6) is -0.145. The Morgan fingerprint density at radius 3 is 2.69 bits per heavy atom. The minimum atomic E-state index is -0.492. The third kappa shape index (κ3) is 3.52. The van der Waals surface area contributed by atoms with Gasteiger partial charge < -0.3 is 5.32 Å². The number of aromatic nitrogens is 1. The second-order valence-corrected chi connectivity index (χ2v) is 8.65. The molecule has 0 unspecified atom stereocenters. The van der Waals surface area contributed by atoms with E-state index < -0.39 is 6.04 Å². The molecule has 3 amide bonds. The molecule has 3 heterocycles. The van der Waals surface area contributed by atoms with Crippen LogP contribution >= 0.6 is 11.3 Å². The number of carbonyl (C=O) groups excluding carboxylic acids is 2. The Hall–Kier alpha value is -2.77. The monoisotopic (exact) mass is 406 g/mol. The molecule has 2 saturated heterocycles. The summed E-state index contributed by atoms with van der Waals surface area (Å²) in [6.45, 7) is 1.18. The predicted molar refractivity (Wildman–Crippen MR) is 112 cm³/mol. The Labute approximate surface area is 173 Å². The van der Waals surface area contributed by atoms with Crippen molar-refractivity contribution in [1.82, 2.24) is 20.1 Å². The number of thiazole rings is 1. The summed E-state index contributed by atoms with van der Waals surface area (Å²) in [4.78, 5) is 33.8. The largest absolute Gasteiger partial charge is 0.325 e. The Morgan fingerprint density at radius 1 is 1.07 bits per heavy atom. The lowest BCUT2D eigenvalue weighted by atomic mass is 10.1. The van der Waals surface area contributed by atoms with E-state index in [0.29, 0.717) is 13.1 Å². The molecule has 148 valence electrons. The summed E-state index contributed by atoms with van der Waals surface area (Å²) in [6.07, 6.45) is 2.55. The summed E-state index contributed by atoms with van der Waals surface area (Å²) in [6, 6.07) is 17.3. The number of rotatable bonds is 5. The van der Waals surface area contributed by atoms with Crippen molar-refractivity contribution in [1.29, 1.82) is 0 Å². The lowest BCUT2D eigenvalue weighted by molar-refractivity contribution is -0.129. The molecular weight excluding hydrogens is 384 g/mol. The molecule has 2 aliphatic rings. The summed E-state index contributed by atoms with van der Waals surface area (Å²) in [5.41, 5.74) is 2.05. The van der Waals surface area contributed by atoms with E-state index in [1.165, 1.54) is 9.60 Å². The molecule has 0 spiro atoms. The zero-order valence-electron chi connectivity index (χ0n) is 16.0. The van der Waals surface area contributed by atoms with E-state index in [1.807, 2.05) is 48.5 Å². The van der Waals surface area contributed by atoms with Crippen LogP contribution in [0.3, 0.4) is 0 Å². The third-order valence-electron chi connectivity index (χ3n) is 5.67. The Morgan fingerprint density at radius 2 is 1.86 bits per heavy atom. The van der Waals surface area contributed by atoms with E-state index in [1.54, 1.807) is 11.3 Å². The number of benzene rings is 2. The van der Waals surface area contributed by atoms with Crippen LogP contribution in [0, 0.1) is 0 Å². The topological polar surface area (TPSA) is 65.5 Å². The van der Waals surface area contributed by atoms with Gasteiger partial charge in [0.1, 0.15) is 11.0 Å². The molecule has 2 aliphatic heterocycles. The smallest absolute Gasteiger partial charge is 0.325 e. The van der Waals surface area contributed by atoms with Gasteiger partial charge in [0.15, 0.2) is 0 Å². The van der Waals surface area contributed by atoms with E-state index in [4.69, 9.17) is 4.98 Å². The summed E-state index contributed by atoms with van der Waals surface area (Å²) in [5, 5.41) is 3.92. The number of amides is 3. The average molecular weight is 407 g/mol. The predicted octanol–water partition coefficient (Wildman–Crippen LogP) is 3.55. The molecular formula is C22H22N4O2S. The van der Waals surface area contributed by atoms with E-state index >= 15 is 0 Å². The quantitative estimate of drug-likeness (QED) is 0.658. The van der Waals surface area contributed by atoms with Crippen molar-refractivity contribution in [2.45, 2.75) is 31.3 Å². The summed E-state index contributed by atoms with van der Waals surface area (Å²) >= 11 is 1.70. The van der Waals surface area contributed by atoms with Crippen LogP contribution in [-0.2, 0) is 11.2 Å². The van der Waals surface area contributed by atoms with Crippen LogP contribution in [0.15, 0.2) is 54.6 Å². The van der Waals surface area contributed by atoms with Gasteiger partial charge >= 0.3 is 6.03 Å². The fourth-order valence-electron chi connectivity index (χ4n) is 4.19. The van der Waals surface area contributed by atoms with Gasteiger partial charge in [0, 0.05) is 13.0 Å². The Kier molecular flexibility index (Phi) is 4.77. The minimum Gasteiger partial charge on any atom is -0.325 e. The molecule has 6 nitrogen and oxygen atoms in total. The standard InChI is InChI=1S/C22H22N4O2S/c27-21-17(13-15-7-2-1-3-8-15)24-22(28)26(21)14-25-12-6-10-18(25)20-23-16-9-4-5-11-19(16)29-20/h1-5,7-9,11,17-18H,6,10,12-14H2,(H,24,28)/t17-,18+/m1/s1. The molecule has 0 saturated carbocycles. The highest BCUT2D eigenvalue weighted by atomic mass is 32.1. The molecule has 2 fully saturated rings. The maximum atomic E-state index is 12.9. The number of likely N-dealkylation sites (tertiary alicyclic amines) is 1. The molecule has 2 atom stereocenters. The second-order valence-electron chi connectivity index (χ2n) is 7.59. The van der Waals surface area contributed by atoms with E-state index in [9.17, 15) is 9.59 Å². The van der Waals surface area contributed by atoms with Crippen LogP contribution < -0.4 is 5.32 Å². The zero-order chi connectivity index (χ0) is 19.8. The van der Waals surface area contributed by atoms with E-state index in [0.717, 1.165) is 35.5 Å². The molecule has 0 aliphatic carbocycles. The SMILES string of the molecule is O=C1N[C@H](Cc2ccccc2)C(=O)N1CN1CCC[C@H]1c1nc2ccccc2s1. The normalized spacial score (nSPS) is 22.6. The van der Waals surface area contributed by atoms with Gasteiger partial charge in [0.05, 0.1) is 22.9 Å². The first-order valence-corrected chi connectivity index (χ1v) is 10.8. The molecule has 2 aromatic carbocycles. The van der Waals surface area contributed by atoms with Crippen molar-refractivity contribution >= 4 is 33.5 Å². The number of nitrogens with one attached hydrogen (secondary N) is 1. The highest BCUT2D eigenvalue weighted by Crippen LogP contribution is 2.36. The number of nitrogens with zero attached hydrogens (tertiary/aromatic N) is 3. The van der Waals surface area contributed by atoms with Crippen LogP contribution in [0.2, 0.25) is 0 Å². The van der Waals surface area contributed by atoms with Crippen molar-refractivity contribution in [2.75, 3.05) is 13.2 Å². The van der Waals surface area contributed by atoms with Crippen molar-refractivity contribution in [3.8, 4) is 0 Å². The van der Waals surface area contributed by atoms with Crippen LogP contribution in [0.25, 0.3) is 10.2 Å². The highest BCUT2D eigenvalue weighted by Gasteiger charge is 2.40. The molecule has 0 radical (unpaired) electrons. The molecule has 3 aromatic rings.